The molecular weight excluding hydrogens is 286 g/mol. The monoisotopic (exact) mass is 309 g/mol. The van der Waals surface area contributed by atoms with E-state index in [9.17, 15) is 5.11 Å². The zero-order valence-electron chi connectivity index (χ0n) is 12.8. The van der Waals surface area contributed by atoms with Gasteiger partial charge < -0.3 is 9.84 Å². The van der Waals surface area contributed by atoms with Crippen LogP contribution in [0.3, 0.4) is 0 Å². The number of nitrogens with zero attached hydrogens (tertiary/aromatic N) is 1. The maximum atomic E-state index is 9.64. The lowest BCUT2D eigenvalue weighted by Gasteiger charge is -2.35. The fourth-order valence-corrected chi connectivity index (χ4v) is 2.70. The van der Waals surface area contributed by atoms with E-state index in [0.717, 1.165) is 31.7 Å². The van der Waals surface area contributed by atoms with E-state index in [1.807, 2.05) is 24.3 Å². The van der Waals surface area contributed by atoms with Crippen LogP contribution >= 0.6 is 11.6 Å². The number of benzene rings is 1. The minimum atomic E-state index is -0.147. The third kappa shape index (κ3) is 5.34. The molecule has 0 saturated carbocycles. The topological polar surface area (TPSA) is 32.7 Å². The van der Waals surface area contributed by atoms with Crippen LogP contribution < -0.4 is 4.74 Å². The minimum absolute atomic E-state index is 0.147. The van der Waals surface area contributed by atoms with Gasteiger partial charge in [0.2, 0.25) is 0 Å². The van der Waals surface area contributed by atoms with Gasteiger partial charge in [0.25, 0.3) is 0 Å². The molecule has 2 rings (SSSR count). The zero-order chi connectivity index (χ0) is 15.2. The molecule has 0 aromatic heterocycles. The van der Waals surface area contributed by atoms with E-state index in [-0.39, 0.29) is 12.1 Å². The second-order valence-corrected chi connectivity index (χ2v) is 6.28. The smallest absolute Gasteiger partial charge is 0.119 e. The molecule has 1 N–H and O–H groups in total. The van der Waals surface area contributed by atoms with Gasteiger partial charge in [-0.25, -0.2) is 0 Å². The van der Waals surface area contributed by atoms with Crippen molar-refractivity contribution in [1.29, 1.82) is 0 Å². The van der Waals surface area contributed by atoms with E-state index in [0.29, 0.717) is 11.6 Å². The Labute approximate surface area is 132 Å². The average molecular weight is 310 g/mol. The summed E-state index contributed by atoms with van der Waals surface area (Å²) in [4.78, 5) is 2.38. The fraction of sp³-hybridized carbons (Fsp3) is 0.529. The Morgan fingerprint density at radius 3 is 2.52 bits per heavy atom. The Bertz CT molecular complexity index is 460. The average Bonchev–Trinajstić information content (AvgIpc) is 2.46. The van der Waals surface area contributed by atoms with Crippen LogP contribution in [-0.2, 0) is 0 Å². The van der Waals surface area contributed by atoms with Gasteiger partial charge in [0.05, 0.1) is 12.1 Å². The zero-order valence-corrected chi connectivity index (χ0v) is 13.5. The third-order valence-corrected chi connectivity index (χ3v) is 3.98. The molecule has 0 amide bonds. The number of aliphatic hydroxyl groups is 1. The first-order valence-corrected chi connectivity index (χ1v) is 7.88. The van der Waals surface area contributed by atoms with Gasteiger partial charge in [-0.2, -0.15) is 0 Å². The summed E-state index contributed by atoms with van der Waals surface area (Å²) in [5.41, 5.74) is 1.28. The molecule has 21 heavy (non-hydrogen) atoms. The van der Waals surface area contributed by atoms with Gasteiger partial charge >= 0.3 is 0 Å². The first-order valence-electron chi connectivity index (χ1n) is 7.50. The van der Waals surface area contributed by atoms with Crippen LogP contribution in [0.5, 0.6) is 5.75 Å². The van der Waals surface area contributed by atoms with Crippen molar-refractivity contribution in [1.82, 2.24) is 4.90 Å². The molecule has 1 aliphatic heterocycles. The second-order valence-electron chi connectivity index (χ2n) is 5.84. The van der Waals surface area contributed by atoms with Crippen molar-refractivity contribution in [2.75, 3.05) is 19.7 Å². The molecular formula is C17H24ClNO2. The van der Waals surface area contributed by atoms with Crippen molar-refractivity contribution in [3.05, 3.63) is 40.9 Å². The van der Waals surface area contributed by atoms with Gasteiger partial charge in [0.15, 0.2) is 0 Å². The van der Waals surface area contributed by atoms with Crippen LogP contribution in [0.25, 0.3) is 0 Å². The molecule has 1 aromatic rings. The lowest BCUT2D eigenvalue weighted by Crippen LogP contribution is -2.44. The molecule has 1 aromatic carbocycles. The highest BCUT2D eigenvalue weighted by Gasteiger charge is 2.23. The molecule has 0 radical (unpaired) electrons. The van der Waals surface area contributed by atoms with Gasteiger partial charge in [-0.05, 0) is 51.0 Å². The number of piperidine rings is 1. The Kier molecular flexibility index (Phi) is 6.09. The van der Waals surface area contributed by atoms with Gasteiger partial charge in [-0.15, -0.1) is 0 Å². The van der Waals surface area contributed by atoms with Crippen molar-refractivity contribution < 1.29 is 9.84 Å². The van der Waals surface area contributed by atoms with Crippen molar-refractivity contribution in [3.63, 3.8) is 0 Å². The summed E-state index contributed by atoms with van der Waals surface area (Å²) in [5, 5.41) is 10.4. The van der Waals surface area contributed by atoms with E-state index >= 15 is 0 Å². The molecule has 1 fully saturated rings. The molecule has 1 unspecified atom stereocenters. The lowest BCUT2D eigenvalue weighted by atomic mass is 10.0. The summed E-state index contributed by atoms with van der Waals surface area (Å²) < 4.78 is 5.90. The molecule has 3 nitrogen and oxygen atoms in total. The van der Waals surface area contributed by atoms with Crippen LogP contribution in [0.1, 0.15) is 26.7 Å². The van der Waals surface area contributed by atoms with Crippen molar-refractivity contribution >= 4 is 11.6 Å². The van der Waals surface area contributed by atoms with Crippen LogP contribution in [0.2, 0.25) is 5.02 Å². The normalized spacial score (nSPS) is 18.3. The number of halogens is 1. The number of likely N-dealkylation sites (tertiary alicyclic amines) is 1. The standard InChI is InChI=1S/C17H24ClNO2/c1-13(2)11-15(19-9-7-16(20)8-10-19)12-21-17-5-3-14(18)4-6-17/h3-6,11,15-16,20H,7-10,12H2,1-2H3. The summed E-state index contributed by atoms with van der Waals surface area (Å²) in [6.45, 7) is 6.66. The maximum absolute atomic E-state index is 9.64. The molecule has 1 saturated heterocycles. The molecule has 116 valence electrons. The summed E-state index contributed by atoms with van der Waals surface area (Å²) in [7, 11) is 0. The predicted molar refractivity (Wildman–Crippen MR) is 87.0 cm³/mol. The van der Waals surface area contributed by atoms with Gasteiger partial charge in [-0.1, -0.05) is 23.3 Å². The quantitative estimate of drug-likeness (QED) is 0.845. The van der Waals surface area contributed by atoms with Gasteiger partial charge in [-0.3, -0.25) is 4.90 Å². The van der Waals surface area contributed by atoms with Crippen LogP contribution in [0.4, 0.5) is 0 Å². The first-order chi connectivity index (χ1) is 10.0. The van der Waals surface area contributed by atoms with Crippen molar-refractivity contribution in [2.45, 2.75) is 38.8 Å². The maximum Gasteiger partial charge on any atom is 0.119 e. The van der Waals surface area contributed by atoms with Crippen molar-refractivity contribution in [3.8, 4) is 5.75 Å². The highest BCUT2D eigenvalue weighted by Crippen LogP contribution is 2.19. The number of ether oxygens (including phenoxy) is 1. The number of hydrogen-bond acceptors (Lipinski definition) is 3. The Balaban J connectivity index is 1.96. The minimum Gasteiger partial charge on any atom is -0.492 e. The fourth-order valence-electron chi connectivity index (χ4n) is 2.57. The van der Waals surface area contributed by atoms with Crippen LogP contribution in [0.15, 0.2) is 35.9 Å². The molecule has 1 atom stereocenters. The summed E-state index contributed by atoms with van der Waals surface area (Å²) in [6.07, 6.45) is 3.78. The second kappa shape index (κ2) is 7.83. The number of aliphatic hydroxyl groups excluding tert-OH is 1. The van der Waals surface area contributed by atoms with Crippen LogP contribution in [-0.4, -0.2) is 41.8 Å². The molecule has 0 aliphatic carbocycles. The predicted octanol–water partition coefficient (Wildman–Crippen LogP) is 3.51. The van der Waals surface area contributed by atoms with Gasteiger partial charge in [0.1, 0.15) is 12.4 Å². The Morgan fingerprint density at radius 2 is 1.95 bits per heavy atom. The third-order valence-electron chi connectivity index (χ3n) is 3.73. The van der Waals surface area contributed by atoms with E-state index in [4.69, 9.17) is 16.3 Å². The molecule has 0 spiro atoms. The Morgan fingerprint density at radius 1 is 1.33 bits per heavy atom. The molecule has 0 bridgehead atoms. The van der Waals surface area contributed by atoms with Crippen LogP contribution in [0, 0.1) is 0 Å². The molecule has 1 aliphatic rings. The summed E-state index contributed by atoms with van der Waals surface area (Å²) >= 11 is 5.88. The molecule has 4 heteroatoms. The van der Waals surface area contributed by atoms with E-state index in [1.165, 1.54) is 5.57 Å². The SMILES string of the molecule is CC(C)=CC(COc1ccc(Cl)cc1)N1CCC(O)CC1. The van der Waals surface area contributed by atoms with E-state index in [2.05, 4.69) is 24.8 Å². The largest absolute Gasteiger partial charge is 0.492 e. The van der Waals surface area contributed by atoms with E-state index in [1.54, 1.807) is 0 Å². The van der Waals surface area contributed by atoms with Crippen molar-refractivity contribution in [2.24, 2.45) is 0 Å². The molecule has 1 heterocycles. The van der Waals surface area contributed by atoms with Gasteiger partial charge in [0, 0.05) is 18.1 Å². The number of allylic oxidation sites excluding steroid dienone is 1. The lowest BCUT2D eigenvalue weighted by molar-refractivity contribution is 0.0587. The summed E-state index contributed by atoms with van der Waals surface area (Å²) in [5.74, 6) is 0.837. The van der Waals surface area contributed by atoms with E-state index < -0.39 is 0 Å². The first kappa shape index (κ1) is 16.3. The highest BCUT2D eigenvalue weighted by atomic mass is 35.5. The number of hydrogen-bond donors (Lipinski definition) is 1. The highest BCUT2D eigenvalue weighted by molar-refractivity contribution is 6.30. The summed E-state index contributed by atoms with van der Waals surface area (Å²) in [6, 6.07) is 7.70. The Hall–Kier alpha value is -1.03. The number of rotatable bonds is 5.